The van der Waals surface area contributed by atoms with Crippen molar-refractivity contribution in [2.24, 2.45) is 11.8 Å². The number of aryl methyl sites for hydroxylation is 2. The van der Waals surface area contributed by atoms with Crippen molar-refractivity contribution in [3.05, 3.63) is 143 Å². The van der Waals surface area contributed by atoms with Crippen LogP contribution in [0.25, 0.3) is 27.8 Å². The van der Waals surface area contributed by atoms with Gasteiger partial charge in [-0.1, -0.05) is 92.7 Å². The van der Waals surface area contributed by atoms with Crippen molar-refractivity contribution in [2.45, 2.75) is 26.7 Å². The van der Waals surface area contributed by atoms with Gasteiger partial charge < -0.3 is 9.05 Å². The van der Waals surface area contributed by atoms with E-state index in [1.165, 1.54) is 0 Å². The highest BCUT2D eigenvalue weighted by Crippen LogP contribution is 2.64. The molecule has 0 fully saturated rings. The molecular formula is C40H32O4P2. The third-order valence-corrected chi connectivity index (χ3v) is 15.1. The molecule has 0 saturated carbocycles. The molecule has 5 aromatic carbocycles. The summed E-state index contributed by atoms with van der Waals surface area (Å²) in [5, 5.41) is 2.99. The minimum Gasteiger partial charge on any atom is -0.436 e. The highest BCUT2D eigenvalue weighted by molar-refractivity contribution is 7.75. The lowest BCUT2D eigenvalue weighted by atomic mass is 9.81. The smallest absolute Gasteiger partial charge is 0.307 e. The molecule has 2 aliphatic carbocycles. The summed E-state index contributed by atoms with van der Waals surface area (Å²) in [6.07, 6.45) is 5.78. The van der Waals surface area contributed by atoms with E-state index in [0.29, 0.717) is 22.7 Å². The van der Waals surface area contributed by atoms with Crippen molar-refractivity contribution in [1.82, 2.24) is 0 Å². The Morgan fingerprint density at radius 2 is 1.13 bits per heavy atom. The Morgan fingerprint density at radius 3 is 1.83 bits per heavy atom. The van der Waals surface area contributed by atoms with Crippen molar-refractivity contribution < 1.29 is 18.2 Å². The third kappa shape index (κ3) is 3.93. The van der Waals surface area contributed by atoms with Crippen molar-refractivity contribution in [3.63, 3.8) is 0 Å². The van der Waals surface area contributed by atoms with E-state index in [-0.39, 0.29) is 5.92 Å². The molecule has 9 rings (SSSR count). The van der Waals surface area contributed by atoms with E-state index in [2.05, 4.69) is 50.3 Å². The Bertz CT molecular complexity index is 2280. The summed E-state index contributed by atoms with van der Waals surface area (Å²) in [6.45, 7) is 4.43. The van der Waals surface area contributed by atoms with Crippen LogP contribution >= 0.6 is 14.7 Å². The van der Waals surface area contributed by atoms with Gasteiger partial charge in [0.05, 0.1) is 21.2 Å². The summed E-state index contributed by atoms with van der Waals surface area (Å²) in [4.78, 5) is 0. The topological polar surface area (TPSA) is 52.6 Å². The minimum atomic E-state index is -3.38. The van der Waals surface area contributed by atoms with Gasteiger partial charge in [-0.15, -0.1) is 0 Å². The van der Waals surface area contributed by atoms with Crippen LogP contribution in [0.1, 0.15) is 30.5 Å². The van der Waals surface area contributed by atoms with Gasteiger partial charge in [0.2, 0.25) is 0 Å². The maximum Gasteiger partial charge on any atom is 0.307 e. The van der Waals surface area contributed by atoms with Crippen molar-refractivity contribution in [2.75, 3.05) is 0 Å². The number of hydrogen-bond acceptors (Lipinski definition) is 4. The predicted molar refractivity (Wildman–Crippen MR) is 187 cm³/mol. The molecule has 2 aliphatic heterocycles. The van der Waals surface area contributed by atoms with Gasteiger partial charge in [0.1, 0.15) is 11.5 Å². The summed E-state index contributed by atoms with van der Waals surface area (Å²) < 4.78 is 42.6. The molecule has 4 aliphatic rings. The Hall–Kier alpha value is -4.36. The molecule has 0 N–H and O–H groups in total. The Balaban J connectivity index is 1.12. The number of fused-ring (bicyclic) bond motifs is 8. The third-order valence-electron chi connectivity index (χ3n) is 10.2. The van der Waals surface area contributed by atoms with Gasteiger partial charge in [-0.3, -0.25) is 9.13 Å². The number of benzene rings is 5. The van der Waals surface area contributed by atoms with E-state index >= 15 is 4.57 Å². The van der Waals surface area contributed by atoms with Crippen molar-refractivity contribution in [1.29, 1.82) is 0 Å². The van der Waals surface area contributed by atoms with E-state index in [4.69, 9.17) is 9.05 Å². The molecule has 4 atom stereocenters. The number of rotatable bonds is 2. The molecule has 3 unspecified atom stereocenters. The summed E-state index contributed by atoms with van der Waals surface area (Å²) in [5.74, 6) is 1.93. The van der Waals surface area contributed by atoms with Crippen LogP contribution in [0.2, 0.25) is 0 Å². The van der Waals surface area contributed by atoms with E-state index in [1.807, 2.05) is 84.9 Å². The van der Waals surface area contributed by atoms with Crippen LogP contribution in [0.4, 0.5) is 0 Å². The van der Waals surface area contributed by atoms with Gasteiger partial charge in [-0.2, -0.15) is 0 Å². The van der Waals surface area contributed by atoms with E-state index in [1.54, 1.807) is 0 Å². The summed E-state index contributed by atoms with van der Waals surface area (Å²) in [7, 11) is -6.75. The molecule has 0 radical (unpaired) electrons. The molecule has 2 heterocycles. The maximum atomic E-state index is 15.0. The van der Waals surface area contributed by atoms with Crippen LogP contribution in [0.3, 0.4) is 0 Å². The molecule has 0 spiro atoms. The molecule has 5 aromatic rings. The molecule has 0 amide bonds. The minimum absolute atomic E-state index is 0.234. The summed E-state index contributed by atoms with van der Waals surface area (Å²) >= 11 is 0. The summed E-state index contributed by atoms with van der Waals surface area (Å²) in [5.41, 5.74) is 8.63. The fourth-order valence-electron chi connectivity index (χ4n) is 7.63. The second-order valence-corrected chi connectivity index (χ2v) is 17.4. The summed E-state index contributed by atoms with van der Waals surface area (Å²) in [6, 6.07) is 36.0. The van der Waals surface area contributed by atoms with Gasteiger partial charge in [0.25, 0.3) is 0 Å². The van der Waals surface area contributed by atoms with Gasteiger partial charge in [-0.25, -0.2) is 0 Å². The zero-order valence-electron chi connectivity index (χ0n) is 25.6. The second-order valence-electron chi connectivity index (χ2n) is 12.8. The van der Waals surface area contributed by atoms with Gasteiger partial charge in [-0.05, 0) is 101 Å². The Kier molecular flexibility index (Phi) is 6.11. The standard InChI is InChI=1S/C40H32O4P2/c1-25-15-22-39-40(26(25)2)35-11-4-7-13-37(35)44-46(39,42)30-19-21-32-28(24-30)17-16-27-23-29(18-20-31(27)32)45(41)38-14-8-5-10-34(38)33-9-3-6-12-36(33)43-45/h3-15,18-26H,16-17H2,1-2H3/t25?,26?,45?,46-/m1/s1. The van der Waals surface area contributed by atoms with Crippen LogP contribution in [-0.4, -0.2) is 0 Å². The van der Waals surface area contributed by atoms with E-state index < -0.39 is 14.7 Å². The molecule has 0 saturated heterocycles. The van der Waals surface area contributed by atoms with Gasteiger partial charge >= 0.3 is 14.7 Å². The van der Waals surface area contributed by atoms with Crippen LogP contribution in [0.15, 0.2) is 127 Å². The van der Waals surface area contributed by atoms with Crippen LogP contribution < -0.4 is 25.0 Å². The van der Waals surface area contributed by atoms with E-state index in [9.17, 15) is 4.57 Å². The molecule has 0 bridgehead atoms. The molecule has 46 heavy (non-hydrogen) atoms. The largest absolute Gasteiger partial charge is 0.436 e. The Morgan fingerprint density at radius 1 is 0.587 bits per heavy atom. The maximum absolute atomic E-state index is 15.0. The zero-order chi connectivity index (χ0) is 31.2. The highest BCUT2D eigenvalue weighted by Gasteiger charge is 2.43. The number of hydrogen-bond donors (Lipinski definition) is 0. The first-order chi connectivity index (χ1) is 22.3. The number of para-hydroxylation sites is 2. The molecule has 0 aromatic heterocycles. The Labute approximate surface area is 269 Å². The molecule has 6 heteroatoms. The average molecular weight is 639 g/mol. The highest BCUT2D eigenvalue weighted by atomic mass is 31.2. The zero-order valence-corrected chi connectivity index (χ0v) is 27.4. The van der Waals surface area contributed by atoms with Crippen molar-refractivity contribution >= 4 is 36.2 Å². The first-order valence-electron chi connectivity index (χ1n) is 15.9. The number of allylic oxidation sites excluding steroid dienone is 4. The monoisotopic (exact) mass is 638 g/mol. The SMILES string of the molecule is CC1C=CC2=C(c3ccccc3O[P@]2(=O)c2ccc3c(c2)CCc2cc(P4(=O)Oc5ccccc5-c5ccccc54)ccc2-3)C1C. The normalized spacial score (nSPS) is 25.1. The lowest BCUT2D eigenvalue weighted by Crippen LogP contribution is -2.26. The first kappa shape index (κ1) is 27.9. The fourth-order valence-corrected chi connectivity index (χ4v) is 12.4. The van der Waals surface area contributed by atoms with Gasteiger partial charge in [0, 0.05) is 11.1 Å². The van der Waals surface area contributed by atoms with E-state index in [0.717, 1.165) is 73.3 Å². The van der Waals surface area contributed by atoms with Crippen molar-refractivity contribution in [3.8, 4) is 33.8 Å². The lowest BCUT2D eigenvalue weighted by Gasteiger charge is -2.36. The quantitative estimate of drug-likeness (QED) is 0.181. The fraction of sp³-hybridized carbons (Fsp3) is 0.150. The molecule has 4 nitrogen and oxygen atoms in total. The molecular weight excluding hydrogens is 606 g/mol. The molecule has 226 valence electrons. The van der Waals surface area contributed by atoms with Gasteiger partial charge in [0.15, 0.2) is 0 Å². The lowest BCUT2D eigenvalue weighted by molar-refractivity contribution is 0.489. The van der Waals surface area contributed by atoms with Crippen LogP contribution in [0, 0.1) is 11.8 Å². The van der Waals surface area contributed by atoms with Crippen LogP contribution in [-0.2, 0) is 22.0 Å². The first-order valence-corrected chi connectivity index (χ1v) is 19.2. The second kappa shape index (κ2) is 10.1. The van der Waals surface area contributed by atoms with Crippen LogP contribution in [0.5, 0.6) is 11.5 Å². The average Bonchev–Trinajstić information content (AvgIpc) is 3.09. The predicted octanol–water partition coefficient (Wildman–Crippen LogP) is 9.29.